The van der Waals surface area contributed by atoms with Gasteiger partial charge in [-0.05, 0) is 24.6 Å². The number of aromatic nitrogens is 1. The number of hydrogen-bond donors (Lipinski definition) is 2. The Hall–Kier alpha value is -1.19. The minimum absolute atomic E-state index is 0.727. The molecule has 2 heterocycles. The summed E-state index contributed by atoms with van der Waals surface area (Å²) >= 11 is 6.09. The summed E-state index contributed by atoms with van der Waals surface area (Å²) in [5.74, 6) is 0.817. The smallest absolute Gasteiger partial charge is 0.144 e. The maximum Gasteiger partial charge on any atom is 0.144 e. The van der Waals surface area contributed by atoms with Gasteiger partial charge < -0.3 is 15.0 Å². The summed E-state index contributed by atoms with van der Waals surface area (Å²) in [5, 5.41) is 5.27. The zero-order chi connectivity index (χ0) is 11.1. The molecular weight excluding hydrogens is 224 g/mol. The number of ether oxygens (including phenoxy) is 1. The number of benzene rings is 1. The van der Waals surface area contributed by atoms with Crippen molar-refractivity contribution in [3.8, 4) is 5.75 Å². The average molecular weight is 237 g/mol. The summed E-state index contributed by atoms with van der Waals surface area (Å²) < 4.78 is 5.35. The molecule has 0 saturated carbocycles. The Bertz CT molecular complexity index is 547. The van der Waals surface area contributed by atoms with Crippen molar-refractivity contribution >= 4 is 22.5 Å². The van der Waals surface area contributed by atoms with Gasteiger partial charge in [0.05, 0.1) is 12.6 Å². The summed E-state index contributed by atoms with van der Waals surface area (Å²) in [6.45, 7) is 1.92. The Labute approximate surface area is 98.7 Å². The summed E-state index contributed by atoms with van der Waals surface area (Å²) in [7, 11) is 1.67. The molecule has 2 N–H and O–H groups in total. The van der Waals surface area contributed by atoms with E-state index in [-0.39, 0.29) is 0 Å². The number of hydrogen-bond acceptors (Lipinski definition) is 2. The van der Waals surface area contributed by atoms with Crippen LogP contribution >= 0.6 is 11.6 Å². The lowest BCUT2D eigenvalue weighted by molar-refractivity contribution is 0.419. The molecule has 0 atom stereocenters. The second kappa shape index (κ2) is 3.68. The van der Waals surface area contributed by atoms with Crippen LogP contribution in [0.25, 0.3) is 10.9 Å². The first-order valence-corrected chi connectivity index (χ1v) is 5.75. The van der Waals surface area contributed by atoms with Crippen LogP contribution in [0.15, 0.2) is 12.1 Å². The van der Waals surface area contributed by atoms with E-state index in [2.05, 4.69) is 10.3 Å². The number of aromatic amines is 1. The van der Waals surface area contributed by atoms with E-state index in [1.807, 2.05) is 12.1 Å². The normalized spacial score (nSPS) is 15.1. The highest BCUT2D eigenvalue weighted by Crippen LogP contribution is 2.34. The SMILES string of the molecule is COc1cc(Cl)cc2c3c([nH]c12)CNCC3. The molecule has 16 heavy (non-hydrogen) atoms. The fourth-order valence-electron chi connectivity index (χ4n) is 2.36. The van der Waals surface area contributed by atoms with E-state index in [0.29, 0.717) is 0 Å². The fraction of sp³-hybridized carbons (Fsp3) is 0.333. The highest BCUT2D eigenvalue weighted by Gasteiger charge is 2.17. The van der Waals surface area contributed by atoms with Crippen molar-refractivity contribution in [3.63, 3.8) is 0 Å². The predicted molar refractivity (Wildman–Crippen MR) is 65.3 cm³/mol. The minimum Gasteiger partial charge on any atom is -0.495 e. The van der Waals surface area contributed by atoms with Crippen molar-refractivity contribution in [1.82, 2.24) is 10.3 Å². The number of rotatable bonds is 1. The summed E-state index contributed by atoms with van der Waals surface area (Å²) in [5.41, 5.74) is 3.68. The van der Waals surface area contributed by atoms with Crippen molar-refractivity contribution in [2.45, 2.75) is 13.0 Å². The molecule has 0 saturated heterocycles. The largest absolute Gasteiger partial charge is 0.495 e. The molecule has 0 fully saturated rings. The van der Waals surface area contributed by atoms with Crippen LogP contribution in [0.5, 0.6) is 5.75 Å². The average Bonchev–Trinajstić information content (AvgIpc) is 2.67. The number of halogens is 1. The molecule has 0 radical (unpaired) electrons. The maximum absolute atomic E-state index is 6.09. The van der Waals surface area contributed by atoms with Gasteiger partial charge in [0, 0.05) is 28.7 Å². The van der Waals surface area contributed by atoms with Gasteiger partial charge in [-0.3, -0.25) is 0 Å². The van der Waals surface area contributed by atoms with Gasteiger partial charge in [0.1, 0.15) is 5.75 Å². The van der Waals surface area contributed by atoms with Gasteiger partial charge in [-0.2, -0.15) is 0 Å². The Morgan fingerprint density at radius 3 is 3.06 bits per heavy atom. The van der Waals surface area contributed by atoms with E-state index in [1.54, 1.807) is 7.11 Å². The molecule has 3 rings (SSSR count). The molecule has 1 aromatic heterocycles. The van der Waals surface area contributed by atoms with Crippen LogP contribution in [0.2, 0.25) is 5.02 Å². The Morgan fingerprint density at radius 2 is 2.25 bits per heavy atom. The van der Waals surface area contributed by atoms with Crippen molar-refractivity contribution in [2.75, 3.05) is 13.7 Å². The van der Waals surface area contributed by atoms with Crippen molar-refractivity contribution in [2.24, 2.45) is 0 Å². The first-order valence-electron chi connectivity index (χ1n) is 5.37. The molecule has 1 aliphatic heterocycles. The van der Waals surface area contributed by atoms with Crippen LogP contribution in [0.1, 0.15) is 11.3 Å². The molecule has 0 spiro atoms. The number of fused-ring (bicyclic) bond motifs is 3. The number of methoxy groups -OCH3 is 1. The van der Waals surface area contributed by atoms with Crippen LogP contribution in [0, 0.1) is 0 Å². The molecule has 0 unspecified atom stereocenters. The molecule has 0 amide bonds. The topological polar surface area (TPSA) is 37.0 Å². The second-order valence-electron chi connectivity index (χ2n) is 4.04. The quantitative estimate of drug-likeness (QED) is 0.798. The minimum atomic E-state index is 0.727. The van der Waals surface area contributed by atoms with E-state index in [9.17, 15) is 0 Å². The van der Waals surface area contributed by atoms with Gasteiger partial charge in [0.15, 0.2) is 0 Å². The summed E-state index contributed by atoms with van der Waals surface area (Å²) in [6.07, 6.45) is 1.04. The lowest BCUT2D eigenvalue weighted by atomic mass is 10.0. The molecular formula is C12H13ClN2O. The molecule has 4 heteroatoms. The van der Waals surface area contributed by atoms with Crippen LogP contribution in [0.4, 0.5) is 0 Å². The zero-order valence-corrected chi connectivity index (χ0v) is 9.82. The second-order valence-corrected chi connectivity index (χ2v) is 4.48. The van der Waals surface area contributed by atoms with Gasteiger partial charge in [-0.25, -0.2) is 0 Å². The Kier molecular flexibility index (Phi) is 2.30. The van der Waals surface area contributed by atoms with Crippen LogP contribution in [0.3, 0.4) is 0 Å². The molecule has 1 aromatic carbocycles. The highest BCUT2D eigenvalue weighted by atomic mass is 35.5. The third kappa shape index (κ3) is 1.39. The van der Waals surface area contributed by atoms with Gasteiger partial charge in [-0.15, -0.1) is 0 Å². The van der Waals surface area contributed by atoms with E-state index in [0.717, 1.165) is 35.8 Å². The third-order valence-electron chi connectivity index (χ3n) is 3.11. The first-order chi connectivity index (χ1) is 7.79. The van der Waals surface area contributed by atoms with Gasteiger partial charge in [-0.1, -0.05) is 11.6 Å². The van der Waals surface area contributed by atoms with Crippen LogP contribution < -0.4 is 10.1 Å². The van der Waals surface area contributed by atoms with Gasteiger partial charge in [0.2, 0.25) is 0 Å². The molecule has 2 aromatic rings. The first kappa shape index (κ1) is 10.00. The number of H-pyrrole nitrogens is 1. The van der Waals surface area contributed by atoms with E-state index >= 15 is 0 Å². The highest BCUT2D eigenvalue weighted by molar-refractivity contribution is 6.31. The monoisotopic (exact) mass is 236 g/mol. The maximum atomic E-state index is 6.09. The molecule has 84 valence electrons. The lowest BCUT2D eigenvalue weighted by Gasteiger charge is -2.12. The summed E-state index contributed by atoms with van der Waals surface area (Å²) in [4.78, 5) is 3.42. The van der Waals surface area contributed by atoms with Crippen molar-refractivity contribution in [3.05, 3.63) is 28.4 Å². The van der Waals surface area contributed by atoms with Crippen LogP contribution in [-0.4, -0.2) is 18.6 Å². The Morgan fingerprint density at radius 1 is 1.38 bits per heavy atom. The van der Waals surface area contributed by atoms with Crippen LogP contribution in [-0.2, 0) is 13.0 Å². The molecule has 0 bridgehead atoms. The number of nitrogens with one attached hydrogen (secondary N) is 2. The molecule has 3 nitrogen and oxygen atoms in total. The zero-order valence-electron chi connectivity index (χ0n) is 9.06. The molecule has 1 aliphatic rings. The van der Waals surface area contributed by atoms with E-state index < -0.39 is 0 Å². The summed E-state index contributed by atoms with van der Waals surface area (Å²) in [6, 6.07) is 3.86. The van der Waals surface area contributed by atoms with Gasteiger partial charge >= 0.3 is 0 Å². The van der Waals surface area contributed by atoms with Gasteiger partial charge in [0.25, 0.3) is 0 Å². The molecule has 0 aliphatic carbocycles. The Balaban J connectivity index is 2.33. The third-order valence-corrected chi connectivity index (χ3v) is 3.32. The van der Waals surface area contributed by atoms with E-state index in [1.165, 1.54) is 16.6 Å². The fourth-order valence-corrected chi connectivity index (χ4v) is 2.57. The van der Waals surface area contributed by atoms with Crippen molar-refractivity contribution in [1.29, 1.82) is 0 Å². The lowest BCUT2D eigenvalue weighted by Crippen LogP contribution is -2.22. The van der Waals surface area contributed by atoms with E-state index in [4.69, 9.17) is 16.3 Å². The predicted octanol–water partition coefficient (Wildman–Crippen LogP) is 2.48. The standard InChI is InChI=1S/C12H13ClN2O/c1-16-11-5-7(13)4-9-8-2-3-14-6-10(8)15-12(9)11/h4-5,14-15H,2-3,6H2,1H3. The van der Waals surface area contributed by atoms with Crippen molar-refractivity contribution < 1.29 is 4.74 Å².